The quantitative estimate of drug-likeness (QED) is 0.758. The molecule has 0 aromatic heterocycles. The van der Waals surface area contributed by atoms with Gasteiger partial charge in [0.15, 0.2) is 0 Å². The minimum atomic E-state index is -4.45. The molecule has 0 radical (unpaired) electrons. The monoisotopic (exact) mass is 379 g/mol. The SMILES string of the molecule is O=C(OCN1C2OCCOC1c1ccccc12)c1ccc(C(F)(F)F)cc1. The van der Waals surface area contributed by atoms with Crippen molar-refractivity contribution in [1.82, 2.24) is 4.90 Å². The van der Waals surface area contributed by atoms with Crippen molar-refractivity contribution in [3.8, 4) is 0 Å². The first-order chi connectivity index (χ1) is 12.9. The Hall–Kier alpha value is -2.42. The van der Waals surface area contributed by atoms with E-state index in [-0.39, 0.29) is 12.3 Å². The van der Waals surface area contributed by atoms with Gasteiger partial charge in [-0.3, -0.25) is 0 Å². The number of hydrogen-bond donors (Lipinski definition) is 0. The second-order valence-corrected chi connectivity index (χ2v) is 6.23. The first-order valence-electron chi connectivity index (χ1n) is 8.37. The summed E-state index contributed by atoms with van der Waals surface area (Å²) < 4.78 is 54.8. The number of halogens is 3. The molecule has 2 aromatic carbocycles. The highest BCUT2D eigenvalue weighted by molar-refractivity contribution is 5.89. The molecule has 0 N–H and O–H groups in total. The van der Waals surface area contributed by atoms with Gasteiger partial charge in [0.25, 0.3) is 0 Å². The maximum absolute atomic E-state index is 12.6. The molecular weight excluding hydrogens is 363 g/mol. The lowest BCUT2D eigenvalue weighted by Gasteiger charge is -2.26. The molecule has 27 heavy (non-hydrogen) atoms. The highest BCUT2D eigenvalue weighted by atomic mass is 19.4. The zero-order valence-electron chi connectivity index (χ0n) is 14.1. The van der Waals surface area contributed by atoms with Gasteiger partial charge in [-0.1, -0.05) is 24.3 Å². The molecule has 2 aliphatic heterocycles. The van der Waals surface area contributed by atoms with Crippen molar-refractivity contribution in [1.29, 1.82) is 0 Å². The van der Waals surface area contributed by atoms with Crippen molar-refractivity contribution in [2.45, 2.75) is 18.6 Å². The van der Waals surface area contributed by atoms with Gasteiger partial charge in [0, 0.05) is 11.1 Å². The highest BCUT2D eigenvalue weighted by Crippen LogP contribution is 2.44. The van der Waals surface area contributed by atoms with Crippen LogP contribution in [0.25, 0.3) is 0 Å². The predicted molar refractivity (Wildman–Crippen MR) is 87.4 cm³/mol. The van der Waals surface area contributed by atoms with Gasteiger partial charge in [0.2, 0.25) is 0 Å². The van der Waals surface area contributed by atoms with Crippen LogP contribution < -0.4 is 0 Å². The van der Waals surface area contributed by atoms with Crippen LogP contribution in [0.5, 0.6) is 0 Å². The van der Waals surface area contributed by atoms with Crippen LogP contribution in [0, 0.1) is 0 Å². The van der Waals surface area contributed by atoms with Gasteiger partial charge in [-0.25, -0.2) is 9.69 Å². The lowest BCUT2D eigenvalue weighted by molar-refractivity contribution is -0.137. The number of hydrogen-bond acceptors (Lipinski definition) is 5. The zero-order chi connectivity index (χ0) is 19.0. The molecule has 2 aliphatic rings. The van der Waals surface area contributed by atoms with Gasteiger partial charge in [-0.2, -0.15) is 13.2 Å². The molecule has 1 fully saturated rings. The first kappa shape index (κ1) is 18.0. The van der Waals surface area contributed by atoms with E-state index in [2.05, 4.69) is 0 Å². The molecule has 4 rings (SSSR count). The van der Waals surface area contributed by atoms with E-state index in [9.17, 15) is 18.0 Å². The molecule has 2 atom stereocenters. The fraction of sp³-hybridized carbons (Fsp3) is 0.316. The van der Waals surface area contributed by atoms with E-state index in [1.807, 2.05) is 24.3 Å². The van der Waals surface area contributed by atoms with Crippen molar-refractivity contribution in [2.75, 3.05) is 19.9 Å². The summed E-state index contributed by atoms with van der Waals surface area (Å²) in [6.07, 6.45) is -5.24. The van der Waals surface area contributed by atoms with Crippen molar-refractivity contribution in [3.63, 3.8) is 0 Å². The maximum Gasteiger partial charge on any atom is 0.416 e. The molecule has 2 aromatic rings. The molecule has 0 amide bonds. The minimum Gasteiger partial charge on any atom is -0.446 e. The summed E-state index contributed by atoms with van der Waals surface area (Å²) in [6, 6.07) is 11.6. The number of alkyl halides is 3. The average Bonchev–Trinajstić information content (AvgIpc) is 2.79. The number of esters is 1. The number of carbonyl (C=O) groups excluding carboxylic acids is 1. The Morgan fingerprint density at radius 1 is 1.00 bits per heavy atom. The number of nitrogens with zero attached hydrogens (tertiary/aromatic N) is 1. The van der Waals surface area contributed by atoms with Crippen molar-refractivity contribution in [3.05, 3.63) is 70.8 Å². The number of fused-ring (bicyclic) bond motifs is 5. The van der Waals surface area contributed by atoms with Crippen LogP contribution in [0.1, 0.15) is 39.5 Å². The van der Waals surface area contributed by atoms with Gasteiger partial charge in [-0.15, -0.1) is 0 Å². The molecule has 8 heteroatoms. The van der Waals surface area contributed by atoms with Crippen LogP contribution in [-0.2, 0) is 20.4 Å². The van der Waals surface area contributed by atoms with E-state index in [1.165, 1.54) is 0 Å². The van der Waals surface area contributed by atoms with E-state index < -0.39 is 30.2 Å². The molecule has 142 valence electrons. The fourth-order valence-corrected chi connectivity index (χ4v) is 3.28. The highest BCUT2D eigenvalue weighted by Gasteiger charge is 2.42. The van der Waals surface area contributed by atoms with Crippen molar-refractivity contribution in [2.24, 2.45) is 0 Å². The second-order valence-electron chi connectivity index (χ2n) is 6.23. The van der Waals surface area contributed by atoms with Gasteiger partial charge in [-0.05, 0) is 24.3 Å². The zero-order valence-corrected chi connectivity index (χ0v) is 14.1. The lowest BCUT2D eigenvalue weighted by atomic mass is 10.1. The molecule has 2 bridgehead atoms. The van der Waals surface area contributed by atoms with Crippen LogP contribution in [0.2, 0.25) is 0 Å². The van der Waals surface area contributed by atoms with E-state index in [4.69, 9.17) is 14.2 Å². The van der Waals surface area contributed by atoms with Gasteiger partial charge in [0.1, 0.15) is 19.2 Å². The van der Waals surface area contributed by atoms with Crippen molar-refractivity contribution < 1.29 is 32.2 Å². The van der Waals surface area contributed by atoms with Gasteiger partial charge >= 0.3 is 12.1 Å². The lowest BCUT2D eigenvalue weighted by Crippen LogP contribution is -2.30. The van der Waals surface area contributed by atoms with Crippen LogP contribution in [0.3, 0.4) is 0 Å². The van der Waals surface area contributed by atoms with Gasteiger partial charge in [0.05, 0.1) is 24.3 Å². The first-order valence-corrected chi connectivity index (χ1v) is 8.37. The van der Waals surface area contributed by atoms with Gasteiger partial charge < -0.3 is 14.2 Å². The molecule has 1 saturated heterocycles. The molecule has 0 spiro atoms. The largest absolute Gasteiger partial charge is 0.446 e. The normalized spacial score (nSPS) is 22.2. The summed E-state index contributed by atoms with van der Waals surface area (Å²) in [7, 11) is 0. The summed E-state index contributed by atoms with van der Waals surface area (Å²) in [5, 5.41) is 0. The number of benzene rings is 2. The summed E-state index contributed by atoms with van der Waals surface area (Å²) in [5.41, 5.74) is 1.13. The smallest absolute Gasteiger partial charge is 0.416 e. The topological polar surface area (TPSA) is 48.0 Å². The van der Waals surface area contributed by atoms with Crippen LogP contribution in [-0.4, -0.2) is 30.8 Å². The van der Waals surface area contributed by atoms with E-state index >= 15 is 0 Å². The Labute approximate surface area is 153 Å². The Morgan fingerprint density at radius 2 is 1.56 bits per heavy atom. The molecule has 2 heterocycles. The Morgan fingerprint density at radius 3 is 2.07 bits per heavy atom. The second kappa shape index (κ2) is 6.95. The molecule has 0 saturated carbocycles. The summed E-state index contributed by atoms with van der Waals surface area (Å²) in [6.45, 7) is 0.724. The molecule has 0 aliphatic carbocycles. The van der Waals surface area contributed by atoms with Crippen molar-refractivity contribution >= 4 is 5.97 Å². The standard InChI is InChI=1S/C19H16F3NO4/c20-19(21,22)13-7-5-12(6-8-13)18(24)27-11-23-16-14-3-1-2-4-15(14)17(23)26-10-9-25-16/h1-8,16-17H,9-11H2. The molecule has 2 unspecified atom stereocenters. The maximum atomic E-state index is 12.6. The summed E-state index contributed by atoms with van der Waals surface area (Å²) >= 11 is 0. The van der Waals surface area contributed by atoms with E-state index in [1.54, 1.807) is 4.90 Å². The summed E-state index contributed by atoms with van der Waals surface area (Å²) in [4.78, 5) is 14.0. The Bertz CT molecular complexity index is 805. The van der Waals surface area contributed by atoms with E-state index in [0.717, 1.165) is 35.4 Å². The van der Waals surface area contributed by atoms with Crippen LogP contribution in [0.15, 0.2) is 48.5 Å². The predicted octanol–water partition coefficient (Wildman–Crippen LogP) is 3.88. The number of ether oxygens (including phenoxy) is 3. The number of rotatable bonds is 3. The fourth-order valence-electron chi connectivity index (χ4n) is 3.28. The third-order valence-corrected chi connectivity index (χ3v) is 4.56. The van der Waals surface area contributed by atoms with Crippen LogP contribution in [0.4, 0.5) is 13.2 Å². The van der Waals surface area contributed by atoms with Crippen LogP contribution >= 0.6 is 0 Å². The third-order valence-electron chi connectivity index (χ3n) is 4.56. The minimum absolute atomic E-state index is 0.0459. The third kappa shape index (κ3) is 3.43. The van der Waals surface area contributed by atoms with E-state index in [0.29, 0.717) is 13.2 Å². The Balaban J connectivity index is 1.46. The summed E-state index contributed by atoms with van der Waals surface area (Å²) in [5.74, 6) is -0.712. The molecular formula is C19H16F3NO4. The number of carbonyl (C=O) groups is 1. The Kier molecular flexibility index (Phi) is 4.63. The molecule has 5 nitrogen and oxygen atoms in total. The average molecular weight is 379 g/mol.